The first-order valence-corrected chi connectivity index (χ1v) is 13.0. The molecule has 200 valence electrons. The average Bonchev–Trinajstić information content (AvgIpc) is 2.90. The number of carbonyl (C=O) groups is 2. The normalized spacial score (nSPS) is 13.2. The molecule has 1 fully saturated rings. The Kier molecular flexibility index (Phi) is 8.86. The molecule has 3 aromatic carbocycles. The summed E-state index contributed by atoms with van der Waals surface area (Å²) >= 11 is 12.5. The molecule has 1 saturated heterocycles. The minimum Gasteiger partial charge on any atom is -0.497 e. The Morgan fingerprint density at radius 1 is 0.895 bits per heavy atom. The van der Waals surface area contributed by atoms with Crippen LogP contribution in [0.2, 0.25) is 10.0 Å². The quantitative estimate of drug-likeness (QED) is 0.331. The third-order valence-electron chi connectivity index (χ3n) is 6.39. The Labute approximate surface area is 232 Å². The zero-order chi connectivity index (χ0) is 27.2. The van der Waals surface area contributed by atoms with Gasteiger partial charge in [-0.1, -0.05) is 40.9 Å². The number of piperazine rings is 1. The van der Waals surface area contributed by atoms with Crippen LogP contribution in [0, 0.1) is 13.8 Å². The number of methoxy groups -OCH3 is 1. The second kappa shape index (κ2) is 12.3. The van der Waals surface area contributed by atoms with Crippen molar-refractivity contribution < 1.29 is 14.3 Å². The summed E-state index contributed by atoms with van der Waals surface area (Å²) in [6.45, 7) is 6.67. The highest BCUT2D eigenvalue weighted by molar-refractivity contribution is 6.40. The molecule has 10 heteroatoms. The summed E-state index contributed by atoms with van der Waals surface area (Å²) in [5, 5.41) is 9.55. The average molecular weight is 556 g/mol. The van der Waals surface area contributed by atoms with Crippen LogP contribution < -0.4 is 25.6 Å². The fourth-order valence-electron chi connectivity index (χ4n) is 4.29. The standard InChI is InChI=1S/C28H31Cl2N5O3/c1-18-4-9-25(19(2)14-18)31-17-26(36)32-20-5-7-21(8-6-20)34-10-12-35(13-11-34)28(37)33-27-23(29)15-22(38-3)16-24(27)30/h4-9,14-16,31H,10-13,17H2,1-3H3,(H,32,36)(H,33,37). The lowest BCUT2D eigenvalue weighted by Gasteiger charge is -2.36. The molecule has 0 radical (unpaired) electrons. The summed E-state index contributed by atoms with van der Waals surface area (Å²) in [6.07, 6.45) is 0. The van der Waals surface area contributed by atoms with Gasteiger partial charge in [-0.3, -0.25) is 4.79 Å². The van der Waals surface area contributed by atoms with Gasteiger partial charge in [-0.05, 0) is 49.7 Å². The molecule has 3 aromatic rings. The van der Waals surface area contributed by atoms with Crippen LogP contribution >= 0.6 is 23.2 Å². The third-order valence-corrected chi connectivity index (χ3v) is 6.98. The summed E-state index contributed by atoms with van der Waals surface area (Å²) in [7, 11) is 1.52. The van der Waals surface area contributed by atoms with Crippen molar-refractivity contribution in [3.05, 3.63) is 75.8 Å². The predicted octanol–water partition coefficient (Wildman–Crippen LogP) is 6.02. The molecule has 0 atom stereocenters. The number of benzene rings is 3. The van der Waals surface area contributed by atoms with Crippen LogP contribution in [0.15, 0.2) is 54.6 Å². The number of nitrogens with zero attached hydrogens (tertiary/aromatic N) is 2. The van der Waals surface area contributed by atoms with Crippen molar-refractivity contribution in [3.63, 3.8) is 0 Å². The fraction of sp³-hybridized carbons (Fsp3) is 0.286. The fourth-order valence-corrected chi connectivity index (χ4v) is 4.85. The summed E-state index contributed by atoms with van der Waals surface area (Å²) in [4.78, 5) is 29.1. The topological polar surface area (TPSA) is 85.9 Å². The first kappa shape index (κ1) is 27.4. The van der Waals surface area contributed by atoms with Crippen LogP contribution in [0.3, 0.4) is 0 Å². The number of nitrogens with one attached hydrogen (secondary N) is 3. The number of carbonyl (C=O) groups excluding carboxylic acids is 2. The summed E-state index contributed by atoms with van der Waals surface area (Å²) in [5.41, 5.74) is 5.36. The van der Waals surface area contributed by atoms with E-state index in [9.17, 15) is 9.59 Å². The van der Waals surface area contributed by atoms with Gasteiger partial charge in [-0.15, -0.1) is 0 Å². The number of hydrogen-bond donors (Lipinski definition) is 3. The van der Waals surface area contributed by atoms with Gasteiger partial charge >= 0.3 is 6.03 Å². The van der Waals surface area contributed by atoms with E-state index in [0.29, 0.717) is 47.7 Å². The van der Waals surface area contributed by atoms with Crippen molar-refractivity contribution >= 4 is 57.9 Å². The molecule has 0 bridgehead atoms. The van der Waals surface area contributed by atoms with Crippen molar-refractivity contribution in [1.82, 2.24) is 4.90 Å². The molecular weight excluding hydrogens is 525 g/mol. The summed E-state index contributed by atoms with van der Waals surface area (Å²) < 4.78 is 5.15. The van der Waals surface area contributed by atoms with Crippen LogP contribution in [-0.2, 0) is 4.79 Å². The lowest BCUT2D eigenvalue weighted by Crippen LogP contribution is -2.50. The second-order valence-corrected chi connectivity index (χ2v) is 9.95. The molecule has 1 aliphatic heterocycles. The number of amides is 3. The van der Waals surface area contributed by atoms with Crippen LogP contribution in [-0.4, -0.2) is 56.7 Å². The first-order chi connectivity index (χ1) is 18.2. The molecule has 4 rings (SSSR count). The number of anilines is 4. The predicted molar refractivity (Wildman–Crippen MR) is 155 cm³/mol. The molecule has 0 unspecified atom stereocenters. The molecule has 1 aliphatic rings. The maximum Gasteiger partial charge on any atom is 0.322 e. The highest BCUT2D eigenvalue weighted by Crippen LogP contribution is 2.35. The Morgan fingerprint density at radius 3 is 2.16 bits per heavy atom. The highest BCUT2D eigenvalue weighted by Gasteiger charge is 2.23. The number of hydrogen-bond acceptors (Lipinski definition) is 5. The highest BCUT2D eigenvalue weighted by atomic mass is 35.5. The molecule has 0 spiro atoms. The molecule has 8 nitrogen and oxygen atoms in total. The molecule has 3 N–H and O–H groups in total. The van der Waals surface area contributed by atoms with E-state index < -0.39 is 0 Å². The van der Waals surface area contributed by atoms with E-state index in [-0.39, 0.29) is 18.5 Å². The zero-order valence-electron chi connectivity index (χ0n) is 21.6. The smallest absolute Gasteiger partial charge is 0.322 e. The van der Waals surface area contributed by atoms with Gasteiger partial charge in [-0.2, -0.15) is 0 Å². The lowest BCUT2D eigenvalue weighted by atomic mass is 10.1. The van der Waals surface area contributed by atoms with Gasteiger partial charge in [0.25, 0.3) is 0 Å². The van der Waals surface area contributed by atoms with Crippen LogP contribution in [0.1, 0.15) is 11.1 Å². The Balaban J connectivity index is 1.25. The van der Waals surface area contributed by atoms with Crippen molar-refractivity contribution in [1.29, 1.82) is 0 Å². The number of urea groups is 1. The van der Waals surface area contributed by atoms with E-state index in [4.69, 9.17) is 27.9 Å². The minimum absolute atomic E-state index is 0.116. The van der Waals surface area contributed by atoms with Gasteiger partial charge in [0, 0.05) is 55.4 Å². The molecular formula is C28H31Cl2N5O3. The molecule has 0 aromatic heterocycles. The summed E-state index contributed by atoms with van der Waals surface area (Å²) in [6, 6.07) is 16.8. The van der Waals surface area contributed by atoms with Gasteiger partial charge in [0.05, 0.1) is 29.4 Å². The van der Waals surface area contributed by atoms with Crippen LogP contribution in [0.5, 0.6) is 5.75 Å². The van der Waals surface area contributed by atoms with Gasteiger partial charge in [0.2, 0.25) is 5.91 Å². The monoisotopic (exact) mass is 555 g/mol. The van der Waals surface area contributed by atoms with Crippen molar-refractivity contribution in [2.75, 3.05) is 60.7 Å². The largest absolute Gasteiger partial charge is 0.497 e. The third kappa shape index (κ3) is 6.82. The van der Waals surface area contributed by atoms with E-state index >= 15 is 0 Å². The van der Waals surface area contributed by atoms with E-state index in [1.165, 1.54) is 12.7 Å². The van der Waals surface area contributed by atoms with E-state index in [1.54, 1.807) is 17.0 Å². The number of rotatable bonds is 7. The van der Waals surface area contributed by atoms with E-state index in [1.807, 2.05) is 50.2 Å². The molecule has 1 heterocycles. The van der Waals surface area contributed by atoms with Crippen LogP contribution in [0.4, 0.5) is 27.5 Å². The Morgan fingerprint density at radius 2 is 1.55 bits per heavy atom. The van der Waals surface area contributed by atoms with E-state index in [2.05, 4.69) is 26.9 Å². The van der Waals surface area contributed by atoms with Crippen molar-refractivity contribution in [3.8, 4) is 5.75 Å². The molecule has 38 heavy (non-hydrogen) atoms. The molecule has 0 saturated carbocycles. The van der Waals surface area contributed by atoms with E-state index in [0.717, 1.165) is 22.6 Å². The lowest BCUT2D eigenvalue weighted by molar-refractivity contribution is -0.114. The van der Waals surface area contributed by atoms with Crippen molar-refractivity contribution in [2.24, 2.45) is 0 Å². The molecule has 3 amide bonds. The number of ether oxygens (including phenoxy) is 1. The first-order valence-electron chi connectivity index (χ1n) is 12.3. The van der Waals surface area contributed by atoms with Crippen LogP contribution in [0.25, 0.3) is 0 Å². The maximum atomic E-state index is 12.8. The maximum absolute atomic E-state index is 12.8. The second-order valence-electron chi connectivity index (χ2n) is 9.14. The zero-order valence-corrected chi connectivity index (χ0v) is 23.1. The van der Waals surface area contributed by atoms with Gasteiger partial charge in [-0.25, -0.2) is 4.79 Å². The van der Waals surface area contributed by atoms with Gasteiger partial charge in [0.15, 0.2) is 0 Å². The minimum atomic E-state index is -0.258. The number of halogens is 2. The SMILES string of the molecule is COc1cc(Cl)c(NC(=O)N2CCN(c3ccc(NC(=O)CNc4ccc(C)cc4C)cc3)CC2)c(Cl)c1. The Bertz CT molecular complexity index is 1290. The Hall–Kier alpha value is -3.62. The van der Waals surface area contributed by atoms with Crippen molar-refractivity contribution in [2.45, 2.75) is 13.8 Å². The molecule has 0 aliphatic carbocycles. The number of aryl methyl sites for hydroxylation is 2. The summed E-state index contributed by atoms with van der Waals surface area (Å²) in [5.74, 6) is 0.403. The van der Waals surface area contributed by atoms with Gasteiger partial charge < -0.3 is 30.5 Å². The van der Waals surface area contributed by atoms with Gasteiger partial charge in [0.1, 0.15) is 5.75 Å².